The maximum atomic E-state index is 13.3. The number of aromatic amines is 1. The number of hydrogen-bond donors (Lipinski definition) is 5. The summed E-state index contributed by atoms with van der Waals surface area (Å²) in [7, 11) is 0. The van der Waals surface area contributed by atoms with E-state index in [0.717, 1.165) is 39.6 Å². The van der Waals surface area contributed by atoms with Crippen LogP contribution in [0, 0.1) is 0 Å². The molecule has 4 aromatic rings. The number of carboxylic acid groups (broad SMARTS) is 1. The van der Waals surface area contributed by atoms with E-state index in [0.29, 0.717) is 32.4 Å². The molecular weight excluding hydrogens is 464 g/mol. The Kier molecular flexibility index (Phi) is 9.08. The zero-order chi connectivity index (χ0) is 26.0. The fraction of sp³-hybridized carbons (Fsp3) is 0.267. The number of hydrogen-bond acceptors (Lipinski definition) is 4. The first-order valence-corrected chi connectivity index (χ1v) is 12.7. The number of rotatable bonds is 13. The van der Waals surface area contributed by atoms with Crippen molar-refractivity contribution in [1.82, 2.24) is 15.6 Å². The van der Waals surface area contributed by atoms with Gasteiger partial charge in [0, 0.05) is 23.6 Å². The third-order valence-electron chi connectivity index (χ3n) is 6.59. The van der Waals surface area contributed by atoms with Gasteiger partial charge >= 0.3 is 5.97 Å². The lowest BCUT2D eigenvalue weighted by Gasteiger charge is -2.22. The van der Waals surface area contributed by atoms with E-state index in [-0.39, 0.29) is 5.91 Å². The van der Waals surface area contributed by atoms with Gasteiger partial charge in [-0.2, -0.15) is 0 Å². The van der Waals surface area contributed by atoms with Crippen LogP contribution in [0.2, 0.25) is 0 Å². The molecule has 0 fully saturated rings. The number of carboxylic acids is 1. The summed E-state index contributed by atoms with van der Waals surface area (Å²) in [6.07, 6.45) is 4.04. The van der Waals surface area contributed by atoms with Gasteiger partial charge in [0.1, 0.15) is 6.04 Å². The molecule has 1 heterocycles. The van der Waals surface area contributed by atoms with Gasteiger partial charge in [0.15, 0.2) is 0 Å². The van der Waals surface area contributed by atoms with Crippen LogP contribution >= 0.6 is 0 Å². The summed E-state index contributed by atoms with van der Waals surface area (Å²) in [6.45, 7) is 0.967. The molecular formula is C30H34N4O3. The van der Waals surface area contributed by atoms with Crippen molar-refractivity contribution in [3.63, 3.8) is 0 Å². The van der Waals surface area contributed by atoms with Crippen LogP contribution in [-0.4, -0.2) is 40.6 Å². The highest BCUT2D eigenvalue weighted by molar-refractivity contribution is 5.88. The number of H-pyrrole nitrogens is 1. The third kappa shape index (κ3) is 7.06. The Hall–Kier alpha value is -3.94. The van der Waals surface area contributed by atoms with Crippen LogP contribution in [0.5, 0.6) is 0 Å². The highest BCUT2D eigenvalue weighted by Gasteiger charge is 2.26. The van der Waals surface area contributed by atoms with Gasteiger partial charge in [-0.3, -0.25) is 4.79 Å². The molecule has 7 nitrogen and oxygen atoms in total. The van der Waals surface area contributed by atoms with E-state index in [9.17, 15) is 14.7 Å². The van der Waals surface area contributed by atoms with E-state index >= 15 is 0 Å². The Balaban J connectivity index is 1.49. The van der Waals surface area contributed by atoms with Crippen molar-refractivity contribution in [1.29, 1.82) is 0 Å². The van der Waals surface area contributed by atoms with Crippen LogP contribution in [0.3, 0.4) is 0 Å². The number of aliphatic carboxylic acids is 1. The Labute approximate surface area is 217 Å². The molecule has 0 spiro atoms. The zero-order valence-corrected chi connectivity index (χ0v) is 20.8. The molecule has 3 aromatic carbocycles. The molecule has 0 bridgehead atoms. The van der Waals surface area contributed by atoms with Crippen LogP contribution in [0.1, 0.15) is 30.4 Å². The normalized spacial score (nSPS) is 12.8. The van der Waals surface area contributed by atoms with Crippen LogP contribution in [0.15, 0.2) is 85.1 Å². The summed E-state index contributed by atoms with van der Waals surface area (Å²) in [5.41, 5.74) is 10.9. The van der Waals surface area contributed by atoms with Crippen molar-refractivity contribution in [2.24, 2.45) is 5.73 Å². The summed E-state index contributed by atoms with van der Waals surface area (Å²) in [5.74, 6) is -1.36. The van der Waals surface area contributed by atoms with Gasteiger partial charge in [0.25, 0.3) is 0 Å². The molecule has 0 radical (unpaired) electrons. The summed E-state index contributed by atoms with van der Waals surface area (Å²) >= 11 is 0. The number of nitrogens with two attached hydrogens (primary N) is 1. The molecule has 2 unspecified atom stereocenters. The van der Waals surface area contributed by atoms with Gasteiger partial charge in [-0.1, -0.05) is 72.8 Å². The molecule has 0 aliphatic carbocycles. The molecule has 0 aliphatic heterocycles. The first-order valence-electron chi connectivity index (χ1n) is 12.7. The Morgan fingerprint density at radius 2 is 1.57 bits per heavy atom. The smallest absolute Gasteiger partial charge is 0.326 e. The fourth-order valence-corrected chi connectivity index (χ4v) is 4.49. The summed E-state index contributed by atoms with van der Waals surface area (Å²) in [5, 5.41) is 16.8. The third-order valence-corrected chi connectivity index (χ3v) is 6.59. The molecule has 1 amide bonds. The number of benzene rings is 3. The molecule has 0 saturated heterocycles. The molecule has 4 rings (SSSR count). The largest absolute Gasteiger partial charge is 0.480 e. The summed E-state index contributed by atoms with van der Waals surface area (Å²) in [6, 6.07) is 24.8. The van der Waals surface area contributed by atoms with Crippen LogP contribution in [0.25, 0.3) is 22.0 Å². The number of para-hydroxylation sites is 1. The average molecular weight is 499 g/mol. The second kappa shape index (κ2) is 12.9. The van der Waals surface area contributed by atoms with Crippen molar-refractivity contribution in [2.75, 3.05) is 6.54 Å². The second-order valence-corrected chi connectivity index (χ2v) is 9.24. The Bertz CT molecular complexity index is 1300. The highest BCUT2D eigenvalue weighted by atomic mass is 16.4. The molecule has 0 saturated carbocycles. The minimum atomic E-state index is -1.03. The summed E-state index contributed by atoms with van der Waals surface area (Å²) in [4.78, 5) is 28.4. The van der Waals surface area contributed by atoms with Crippen molar-refractivity contribution in [2.45, 2.75) is 44.3 Å². The molecule has 2 atom stereocenters. The number of aromatic nitrogens is 1. The van der Waals surface area contributed by atoms with E-state index in [4.69, 9.17) is 5.73 Å². The topological polar surface area (TPSA) is 120 Å². The van der Waals surface area contributed by atoms with Gasteiger partial charge < -0.3 is 26.5 Å². The number of carbonyl (C=O) groups excluding carboxylic acids is 1. The van der Waals surface area contributed by atoms with Crippen molar-refractivity contribution < 1.29 is 14.7 Å². The molecule has 192 valence electrons. The van der Waals surface area contributed by atoms with Gasteiger partial charge in [-0.05, 0) is 60.5 Å². The van der Waals surface area contributed by atoms with Crippen molar-refractivity contribution >= 4 is 22.8 Å². The first-order chi connectivity index (χ1) is 18.0. The molecule has 37 heavy (non-hydrogen) atoms. The van der Waals surface area contributed by atoms with Crippen LogP contribution < -0.4 is 16.4 Å². The van der Waals surface area contributed by atoms with E-state index < -0.39 is 18.1 Å². The highest BCUT2D eigenvalue weighted by Crippen LogP contribution is 2.21. The second-order valence-electron chi connectivity index (χ2n) is 9.24. The maximum Gasteiger partial charge on any atom is 0.326 e. The number of nitrogens with one attached hydrogen (secondary N) is 3. The lowest BCUT2D eigenvalue weighted by molar-refractivity contribution is -0.142. The van der Waals surface area contributed by atoms with E-state index in [1.807, 2.05) is 60.8 Å². The summed E-state index contributed by atoms with van der Waals surface area (Å²) < 4.78 is 0. The number of fused-ring (bicyclic) bond motifs is 1. The lowest BCUT2D eigenvalue weighted by Crippen LogP contribution is -2.51. The Morgan fingerprint density at radius 1 is 0.865 bits per heavy atom. The van der Waals surface area contributed by atoms with Crippen molar-refractivity contribution in [3.05, 3.63) is 96.2 Å². The quantitative estimate of drug-likeness (QED) is 0.177. The minimum Gasteiger partial charge on any atom is -0.480 e. The van der Waals surface area contributed by atoms with Gasteiger partial charge in [-0.15, -0.1) is 0 Å². The van der Waals surface area contributed by atoms with E-state index in [1.165, 1.54) is 0 Å². The molecule has 1 aromatic heterocycles. The monoisotopic (exact) mass is 498 g/mol. The number of unbranched alkanes of at least 4 members (excludes halogenated alkanes) is 1. The van der Waals surface area contributed by atoms with Gasteiger partial charge in [0.2, 0.25) is 5.91 Å². The van der Waals surface area contributed by atoms with E-state index in [1.54, 1.807) is 0 Å². The van der Waals surface area contributed by atoms with Gasteiger partial charge in [0.05, 0.1) is 6.04 Å². The predicted molar refractivity (Wildman–Crippen MR) is 147 cm³/mol. The van der Waals surface area contributed by atoms with Crippen molar-refractivity contribution in [3.8, 4) is 11.1 Å². The standard InChI is InChI=1S/C30H34N4O3/c31-17-7-6-12-27(30(36)37)34-29(35)28(18-24-20-33-26-11-5-4-10-25(24)26)32-19-21-13-15-23(16-14-21)22-8-2-1-3-9-22/h1-5,8-11,13-16,20,27-28,32-33H,6-7,12,17-19,31H2,(H,34,35)(H,36,37). The average Bonchev–Trinajstić information content (AvgIpc) is 3.34. The predicted octanol–water partition coefficient (Wildman–Crippen LogP) is 4.23. The maximum absolute atomic E-state index is 13.3. The van der Waals surface area contributed by atoms with Crippen LogP contribution in [0.4, 0.5) is 0 Å². The zero-order valence-electron chi connectivity index (χ0n) is 20.8. The van der Waals surface area contributed by atoms with Crippen LogP contribution in [-0.2, 0) is 22.6 Å². The molecule has 7 heteroatoms. The molecule has 6 N–H and O–H groups in total. The lowest BCUT2D eigenvalue weighted by atomic mass is 10.0. The van der Waals surface area contributed by atoms with Gasteiger partial charge in [-0.25, -0.2) is 4.79 Å². The number of amides is 1. The Morgan fingerprint density at radius 3 is 2.30 bits per heavy atom. The minimum absolute atomic E-state index is 0.327. The molecule has 0 aliphatic rings. The van der Waals surface area contributed by atoms with E-state index in [2.05, 4.69) is 39.9 Å². The number of carbonyl (C=O) groups is 2. The first kappa shape index (κ1) is 26.1. The SMILES string of the molecule is NCCCCC(NC(=O)C(Cc1c[nH]c2ccccc12)NCc1ccc(-c2ccccc2)cc1)C(=O)O. The fourth-order valence-electron chi connectivity index (χ4n) is 4.49.